The van der Waals surface area contributed by atoms with E-state index in [0.29, 0.717) is 36.7 Å². The van der Waals surface area contributed by atoms with Gasteiger partial charge < -0.3 is 21.1 Å². The number of hydrogen-bond acceptors (Lipinski definition) is 6. The van der Waals surface area contributed by atoms with Crippen molar-refractivity contribution in [3.63, 3.8) is 0 Å². The monoisotopic (exact) mass is 581 g/mol. The Morgan fingerprint density at radius 2 is 1.88 bits per heavy atom. The molecule has 0 saturated heterocycles. The first kappa shape index (κ1) is 30.4. The van der Waals surface area contributed by atoms with Gasteiger partial charge in [-0.25, -0.2) is 9.79 Å². The van der Waals surface area contributed by atoms with E-state index in [0.717, 1.165) is 24.0 Å². The highest BCUT2D eigenvalue weighted by molar-refractivity contribution is 6.30. The van der Waals surface area contributed by atoms with Crippen molar-refractivity contribution in [1.29, 1.82) is 0 Å². The molecule has 1 heterocycles. The minimum Gasteiger partial charge on any atom is -0.453 e. The van der Waals surface area contributed by atoms with Crippen molar-refractivity contribution in [2.24, 2.45) is 22.6 Å². The number of rotatable bonds is 13. The van der Waals surface area contributed by atoms with Crippen LogP contribution in [0.25, 0.3) is 0 Å². The number of ether oxygens (including phenoxy) is 1. The lowest BCUT2D eigenvalue weighted by Crippen LogP contribution is -2.51. The van der Waals surface area contributed by atoms with Gasteiger partial charge in [-0.15, -0.1) is 0 Å². The summed E-state index contributed by atoms with van der Waals surface area (Å²) in [6.45, 7) is 4.56. The SMILES string of the molecule is COC(=O)N[C@@H](Cc1cccc(Cl)c1)C(=O)N[C@H](CCCN1C(=O)[C@@](CC(C)C)(c2ccccc2)N=C1N)C1CC1. The van der Waals surface area contributed by atoms with Crippen molar-refractivity contribution >= 4 is 35.5 Å². The second kappa shape index (κ2) is 13.4. The number of hydrogen-bond donors (Lipinski definition) is 3. The first-order chi connectivity index (χ1) is 19.6. The summed E-state index contributed by atoms with van der Waals surface area (Å²) in [5.41, 5.74) is 6.98. The van der Waals surface area contributed by atoms with Gasteiger partial charge in [-0.05, 0) is 67.2 Å². The highest BCUT2D eigenvalue weighted by Crippen LogP contribution is 2.39. The fraction of sp³-hybridized carbons (Fsp3) is 0.484. The van der Waals surface area contributed by atoms with Crippen molar-refractivity contribution in [2.75, 3.05) is 13.7 Å². The van der Waals surface area contributed by atoms with Crippen LogP contribution in [0, 0.1) is 11.8 Å². The average molecular weight is 582 g/mol. The van der Waals surface area contributed by atoms with Crippen LogP contribution in [0.2, 0.25) is 5.02 Å². The number of nitrogens with two attached hydrogens (primary N) is 1. The van der Waals surface area contributed by atoms with Gasteiger partial charge in [0.15, 0.2) is 11.5 Å². The lowest BCUT2D eigenvalue weighted by atomic mass is 9.82. The Morgan fingerprint density at radius 3 is 2.51 bits per heavy atom. The van der Waals surface area contributed by atoms with E-state index in [4.69, 9.17) is 27.1 Å². The van der Waals surface area contributed by atoms with E-state index >= 15 is 0 Å². The molecule has 41 heavy (non-hydrogen) atoms. The molecule has 10 heteroatoms. The first-order valence-corrected chi connectivity index (χ1v) is 14.6. The van der Waals surface area contributed by atoms with Crippen LogP contribution in [0.5, 0.6) is 0 Å². The van der Waals surface area contributed by atoms with Crippen LogP contribution in [-0.2, 0) is 26.3 Å². The van der Waals surface area contributed by atoms with Crippen LogP contribution < -0.4 is 16.4 Å². The van der Waals surface area contributed by atoms with E-state index in [1.807, 2.05) is 36.4 Å². The molecule has 1 aliphatic carbocycles. The Kier molecular flexibility index (Phi) is 9.91. The Balaban J connectivity index is 1.41. The smallest absolute Gasteiger partial charge is 0.407 e. The molecule has 0 bridgehead atoms. The summed E-state index contributed by atoms with van der Waals surface area (Å²) >= 11 is 6.13. The van der Waals surface area contributed by atoms with Gasteiger partial charge in [0, 0.05) is 24.0 Å². The summed E-state index contributed by atoms with van der Waals surface area (Å²) in [5, 5.41) is 6.36. The summed E-state index contributed by atoms with van der Waals surface area (Å²) in [7, 11) is 1.26. The van der Waals surface area contributed by atoms with Crippen molar-refractivity contribution in [3.05, 3.63) is 70.7 Å². The van der Waals surface area contributed by atoms with Crippen LogP contribution in [0.4, 0.5) is 4.79 Å². The number of aliphatic imine (C=N–C) groups is 1. The zero-order chi connectivity index (χ0) is 29.6. The fourth-order valence-corrected chi connectivity index (χ4v) is 5.79. The third-order valence-corrected chi connectivity index (χ3v) is 7.91. The summed E-state index contributed by atoms with van der Waals surface area (Å²) in [4.78, 5) is 45.5. The standard InChI is InChI=1S/C31H40ClN5O4/c1-20(2)19-31(23-10-5-4-6-11-23)28(39)37(29(33)36-31)16-8-13-25(22-14-15-22)34-27(38)26(35-30(40)41-3)18-21-9-7-12-24(32)17-21/h4-7,9-12,17,20,22,25-26H,8,13-16,18-19H2,1-3H3,(H2,33,36)(H,34,38)(H,35,40)/t25-,26+,31-/m1/s1. The molecule has 0 spiro atoms. The predicted octanol–water partition coefficient (Wildman–Crippen LogP) is 4.38. The van der Waals surface area contributed by atoms with Crippen LogP contribution in [-0.4, -0.2) is 54.5 Å². The summed E-state index contributed by atoms with van der Waals surface area (Å²) in [6, 6.07) is 15.9. The number of nitrogens with zero attached hydrogens (tertiary/aromatic N) is 2. The predicted molar refractivity (Wildman–Crippen MR) is 159 cm³/mol. The molecule has 4 rings (SSSR count). The van der Waals surface area contributed by atoms with Crippen molar-refractivity contribution in [1.82, 2.24) is 15.5 Å². The van der Waals surface area contributed by atoms with Crippen LogP contribution in [0.3, 0.4) is 0 Å². The molecule has 3 amide bonds. The van der Waals surface area contributed by atoms with Gasteiger partial charge in [0.05, 0.1) is 7.11 Å². The molecule has 220 valence electrons. The van der Waals surface area contributed by atoms with Gasteiger partial charge in [-0.1, -0.05) is 67.9 Å². The average Bonchev–Trinajstić information content (AvgIpc) is 3.76. The third-order valence-electron chi connectivity index (χ3n) is 7.67. The van der Waals surface area contributed by atoms with Gasteiger partial charge in [0.2, 0.25) is 5.91 Å². The molecule has 2 aromatic rings. The maximum absolute atomic E-state index is 13.8. The van der Waals surface area contributed by atoms with E-state index in [2.05, 4.69) is 24.5 Å². The molecule has 1 saturated carbocycles. The van der Waals surface area contributed by atoms with Crippen molar-refractivity contribution in [3.8, 4) is 0 Å². The molecule has 2 aliphatic rings. The van der Waals surface area contributed by atoms with Gasteiger partial charge in [0.25, 0.3) is 5.91 Å². The Labute approximate surface area is 246 Å². The van der Waals surface area contributed by atoms with Gasteiger partial charge in [-0.3, -0.25) is 14.5 Å². The number of carbonyl (C=O) groups excluding carboxylic acids is 3. The van der Waals surface area contributed by atoms with E-state index in [9.17, 15) is 14.4 Å². The number of amides is 3. The number of halogens is 1. The minimum absolute atomic E-state index is 0.0887. The molecule has 1 aliphatic heterocycles. The maximum atomic E-state index is 13.8. The number of carbonyl (C=O) groups is 3. The zero-order valence-electron chi connectivity index (χ0n) is 23.9. The molecule has 2 aromatic carbocycles. The topological polar surface area (TPSA) is 126 Å². The second-order valence-corrected chi connectivity index (χ2v) is 11.8. The van der Waals surface area contributed by atoms with Gasteiger partial charge in [0.1, 0.15) is 6.04 Å². The van der Waals surface area contributed by atoms with E-state index in [-0.39, 0.29) is 36.2 Å². The second-order valence-electron chi connectivity index (χ2n) is 11.4. The van der Waals surface area contributed by atoms with Crippen LogP contribution in [0.15, 0.2) is 59.6 Å². The number of guanidine groups is 1. The lowest BCUT2D eigenvalue weighted by Gasteiger charge is -2.28. The number of alkyl carbamates (subject to hydrolysis) is 1. The quantitative estimate of drug-likeness (QED) is 0.324. The summed E-state index contributed by atoms with van der Waals surface area (Å²) < 4.78 is 4.76. The highest BCUT2D eigenvalue weighted by Gasteiger charge is 2.49. The minimum atomic E-state index is -1.02. The molecule has 3 atom stereocenters. The highest BCUT2D eigenvalue weighted by atomic mass is 35.5. The third kappa shape index (κ3) is 7.58. The molecule has 0 radical (unpaired) electrons. The van der Waals surface area contributed by atoms with E-state index in [1.165, 1.54) is 7.11 Å². The Hall–Kier alpha value is -3.59. The Morgan fingerprint density at radius 1 is 1.15 bits per heavy atom. The normalized spacial score (nSPS) is 20.0. The van der Waals surface area contributed by atoms with Gasteiger partial charge >= 0.3 is 6.09 Å². The Bertz CT molecular complexity index is 1270. The van der Waals surface area contributed by atoms with E-state index < -0.39 is 17.7 Å². The summed E-state index contributed by atoms with van der Waals surface area (Å²) in [5.74, 6) is 0.434. The molecule has 9 nitrogen and oxygen atoms in total. The molecule has 4 N–H and O–H groups in total. The first-order valence-electron chi connectivity index (χ1n) is 14.2. The molecule has 0 unspecified atom stereocenters. The van der Waals surface area contributed by atoms with Gasteiger partial charge in [-0.2, -0.15) is 0 Å². The zero-order valence-corrected chi connectivity index (χ0v) is 24.7. The number of benzene rings is 2. The van der Waals surface area contributed by atoms with Crippen LogP contribution in [0.1, 0.15) is 57.1 Å². The van der Waals surface area contributed by atoms with Crippen LogP contribution >= 0.6 is 11.6 Å². The molecular formula is C31H40ClN5O4. The summed E-state index contributed by atoms with van der Waals surface area (Å²) in [6.07, 6.45) is 3.50. The van der Waals surface area contributed by atoms with Crippen molar-refractivity contribution < 1.29 is 19.1 Å². The number of methoxy groups -OCH3 is 1. The molecular weight excluding hydrogens is 542 g/mol. The lowest BCUT2D eigenvalue weighted by molar-refractivity contribution is -0.132. The molecule has 1 fully saturated rings. The molecule has 0 aromatic heterocycles. The fourth-order valence-electron chi connectivity index (χ4n) is 5.58. The van der Waals surface area contributed by atoms with Crippen molar-refractivity contribution in [2.45, 2.75) is 70.0 Å². The largest absolute Gasteiger partial charge is 0.453 e. The number of nitrogens with one attached hydrogen (secondary N) is 2. The van der Waals surface area contributed by atoms with E-state index in [1.54, 1.807) is 23.1 Å². The maximum Gasteiger partial charge on any atom is 0.407 e.